The van der Waals surface area contributed by atoms with Gasteiger partial charge in [0.15, 0.2) is 0 Å². The van der Waals surface area contributed by atoms with E-state index in [1.807, 2.05) is 25.0 Å². The highest BCUT2D eigenvalue weighted by Crippen LogP contribution is 2.19. The first-order chi connectivity index (χ1) is 10.3. The molecule has 0 amide bonds. The molecule has 0 aromatic carbocycles. The van der Waals surface area contributed by atoms with Crippen molar-refractivity contribution in [2.45, 2.75) is 83.6 Å². The van der Waals surface area contributed by atoms with E-state index in [4.69, 9.17) is 0 Å². The summed E-state index contributed by atoms with van der Waals surface area (Å²) in [7, 11) is 4.03. The van der Waals surface area contributed by atoms with E-state index in [1.165, 1.54) is 76.2 Å². The third kappa shape index (κ3) is 8.25. The summed E-state index contributed by atoms with van der Waals surface area (Å²) in [5.41, 5.74) is 1.32. The van der Waals surface area contributed by atoms with Gasteiger partial charge in [-0.1, -0.05) is 71.1 Å². The molecule has 0 aliphatic carbocycles. The maximum Gasteiger partial charge on any atom is 0.0537 e. The van der Waals surface area contributed by atoms with Crippen LogP contribution in [0, 0.1) is 0 Å². The topological polar surface area (TPSA) is 29.9 Å². The first kappa shape index (κ1) is 18.2. The number of rotatable bonds is 13. The Morgan fingerprint density at radius 3 is 2.05 bits per heavy atom. The Kier molecular flexibility index (Phi) is 10.2. The molecule has 1 N–H and O–H groups in total. The highest BCUT2D eigenvalue weighted by atomic mass is 15.2. The first-order valence-corrected chi connectivity index (χ1v) is 8.93. The zero-order valence-corrected chi connectivity index (χ0v) is 14.4. The third-order valence-electron chi connectivity index (χ3n) is 4.32. The molecular formula is C18H35N3. The van der Waals surface area contributed by atoms with Crippen molar-refractivity contribution in [2.24, 2.45) is 7.05 Å². The summed E-state index contributed by atoms with van der Waals surface area (Å²) in [6, 6.07) is 0.466. The van der Waals surface area contributed by atoms with Crippen LogP contribution in [-0.4, -0.2) is 16.8 Å². The van der Waals surface area contributed by atoms with Gasteiger partial charge in [-0.15, -0.1) is 0 Å². The van der Waals surface area contributed by atoms with E-state index >= 15 is 0 Å². The van der Waals surface area contributed by atoms with Crippen LogP contribution in [0.5, 0.6) is 0 Å². The molecule has 0 bridgehead atoms. The Morgan fingerprint density at radius 1 is 1.00 bits per heavy atom. The van der Waals surface area contributed by atoms with Gasteiger partial charge in [-0.25, -0.2) is 0 Å². The van der Waals surface area contributed by atoms with Crippen molar-refractivity contribution in [3.63, 3.8) is 0 Å². The van der Waals surface area contributed by atoms with Crippen LogP contribution in [0.2, 0.25) is 0 Å². The lowest BCUT2D eigenvalue weighted by atomic mass is 10.0. The van der Waals surface area contributed by atoms with Gasteiger partial charge < -0.3 is 5.32 Å². The SMILES string of the molecule is CCCCCCCCCCCCC(NC)c1cnn(C)c1. The Bertz CT molecular complexity index is 346. The number of aryl methyl sites for hydroxylation is 1. The minimum atomic E-state index is 0.466. The van der Waals surface area contributed by atoms with Crippen molar-refractivity contribution in [3.8, 4) is 0 Å². The Balaban J connectivity index is 1.98. The second kappa shape index (κ2) is 11.8. The first-order valence-electron chi connectivity index (χ1n) is 8.93. The van der Waals surface area contributed by atoms with Crippen molar-refractivity contribution in [1.29, 1.82) is 0 Å². The van der Waals surface area contributed by atoms with E-state index in [1.54, 1.807) is 0 Å². The number of aromatic nitrogens is 2. The van der Waals surface area contributed by atoms with E-state index in [2.05, 4.69) is 23.5 Å². The second-order valence-corrected chi connectivity index (χ2v) is 6.26. The molecule has 0 saturated carbocycles. The van der Waals surface area contributed by atoms with Crippen LogP contribution in [0.3, 0.4) is 0 Å². The van der Waals surface area contributed by atoms with Gasteiger partial charge in [-0.05, 0) is 13.5 Å². The summed E-state index contributed by atoms with van der Waals surface area (Å²) >= 11 is 0. The van der Waals surface area contributed by atoms with Gasteiger partial charge in [0.2, 0.25) is 0 Å². The van der Waals surface area contributed by atoms with Gasteiger partial charge in [0, 0.05) is 24.8 Å². The third-order valence-corrected chi connectivity index (χ3v) is 4.32. The molecule has 0 aliphatic rings. The molecule has 1 atom stereocenters. The fourth-order valence-electron chi connectivity index (χ4n) is 2.93. The van der Waals surface area contributed by atoms with Gasteiger partial charge in [-0.3, -0.25) is 4.68 Å². The van der Waals surface area contributed by atoms with Gasteiger partial charge in [0.1, 0.15) is 0 Å². The number of hydrogen-bond acceptors (Lipinski definition) is 2. The summed E-state index contributed by atoms with van der Waals surface area (Å²) in [5, 5.41) is 7.67. The van der Waals surface area contributed by atoms with Crippen LogP contribution in [0.25, 0.3) is 0 Å². The minimum absolute atomic E-state index is 0.466. The van der Waals surface area contributed by atoms with Gasteiger partial charge >= 0.3 is 0 Å². The molecule has 21 heavy (non-hydrogen) atoms. The quantitative estimate of drug-likeness (QED) is 0.519. The highest BCUT2D eigenvalue weighted by Gasteiger charge is 2.10. The standard InChI is InChI=1S/C18H35N3/c1-4-5-6-7-8-9-10-11-12-13-14-18(19-2)17-15-20-21(3)16-17/h15-16,18-19H,4-14H2,1-3H3. The number of unbranched alkanes of at least 4 members (excludes halogenated alkanes) is 9. The van der Waals surface area contributed by atoms with E-state index in [0.29, 0.717) is 6.04 Å². The normalized spacial score (nSPS) is 12.7. The summed E-state index contributed by atoms with van der Waals surface area (Å²) in [6.45, 7) is 2.28. The van der Waals surface area contributed by atoms with Crippen molar-refractivity contribution >= 4 is 0 Å². The van der Waals surface area contributed by atoms with E-state index in [-0.39, 0.29) is 0 Å². The lowest BCUT2D eigenvalue weighted by molar-refractivity contribution is 0.492. The van der Waals surface area contributed by atoms with Crippen molar-refractivity contribution in [3.05, 3.63) is 18.0 Å². The van der Waals surface area contributed by atoms with Crippen LogP contribution < -0.4 is 5.32 Å². The van der Waals surface area contributed by atoms with Crippen LogP contribution in [0.15, 0.2) is 12.4 Å². The fraction of sp³-hybridized carbons (Fsp3) is 0.833. The molecule has 0 fully saturated rings. The summed E-state index contributed by atoms with van der Waals surface area (Å²) < 4.78 is 1.89. The highest BCUT2D eigenvalue weighted by molar-refractivity contribution is 5.09. The molecule has 1 aromatic rings. The van der Waals surface area contributed by atoms with Crippen LogP contribution >= 0.6 is 0 Å². The Morgan fingerprint density at radius 2 is 1.57 bits per heavy atom. The van der Waals surface area contributed by atoms with Crippen molar-refractivity contribution in [1.82, 2.24) is 15.1 Å². The van der Waals surface area contributed by atoms with Gasteiger partial charge in [0.25, 0.3) is 0 Å². The van der Waals surface area contributed by atoms with Crippen LogP contribution in [0.1, 0.15) is 89.2 Å². The Labute approximate surface area is 131 Å². The second-order valence-electron chi connectivity index (χ2n) is 6.26. The molecule has 1 rings (SSSR count). The van der Waals surface area contributed by atoms with Crippen LogP contribution in [0.4, 0.5) is 0 Å². The summed E-state index contributed by atoms with van der Waals surface area (Å²) in [6.07, 6.45) is 19.3. The lowest BCUT2D eigenvalue weighted by Crippen LogP contribution is -2.15. The zero-order chi connectivity index (χ0) is 15.3. The average molecular weight is 293 g/mol. The van der Waals surface area contributed by atoms with Crippen LogP contribution in [-0.2, 0) is 7.05 Å². The number of nitrogens with one attached hydrogen (secondary N) is 1. The smallest absolute Gasteiger partial charge is 0.0537 e. The molecule has 1 aromatic heterocycles. The maximum atomic E-state index is 4.26. The van der Waals surface area contributed by atoms with E-state index in [0.717, 1.165) is 0 Å². The maximum absolute atomic E-state index is 4.26. The Hall–Kier alpha value is -0.830. The minimum Gasteiger partial charge on any atom is -0.313 e. The van der Waals surface area contributed by atoms with Crippen molar-refractivity contribution in [2.75, 3.05) is 7.05 Å². The average Bonchev–Trinajstić information content (AvgIpc) is 2.91. The predicted octanol–water partition coefficient (Wildman–Crippen LogP) is 4.99. The largest absolute Gasteiger partial charge is 0.313 e. The zero-order valence-electron chi connectivity index (χ0n) is 14.4. The molecule has 0 spiro atoms. The number of hydrogen-bond donors (Lipinski definition) is 1. The molecule has 3 nitrogen and oxygen atoms in total. The van der Waals surface area contributed by atoms with Gasteiger partial charge in [-0.2, -0.15) is 5.10 Å². The molecule has 1 unspecified atom stereocenters. The molecule has 0 radical (unpaired) electrons. The summed E-state index contributed by atoms with van der Waals surface area (Å²) in [5.74, 6) is 0. The summed E-state index contributed by atoms with van der Waals surface area (Å²) in [4.78, 5) is 0. The molecular weight excluding hydrogens is 258 g/mol. The molecule has 0 saturated heterocycles. The molecule has 122 valence electrons. The molecule has 0 aliphatic heterocycles. The molecule has 3 heteroatoms. The molecule has 1 heterocycles. The predicted molar refractivity (Wildman–Crippen MR) is 91.5 cm³/mol. The monoisotopic (exact) mass is 293 g/mol. The van der Waals surface area contributed by atoms with E-state index in [9.17, 15) is 0 Å². The van der Waals surface area contributed by atoms with Crippen molar-refractivity contribution < 1.29 is 0 Å². The lowest BCUT2D eigenvalue weighted by Gasteiger charge is -2.14. The number of nitrogens with zero attached hydrogens (tertiary/aromatic N) is 2. The van der Waals surface area contributed by atoms with Gasteiger partial charge in [0.05, 0.1) is 6.20 Å². The van der Waals surface area contributed by atoms with E-state index < -0.39 is 0 Å². The fourth-order valence-corrected chi connectivity index (χ4v) is 2.93.